The molecule has 0 spiro atoms. The van der Waals surface area contributed by atoms with Crippen LogP contribution in [0.25, 0.3) is 0 Å². The molecule has 0 aromatic carbocycles. The summed E-state index contributed by atoms with van der Waals surface area (Å²) >= 11 is 1.66. The number of aromatic nitrogens is 2. The molecule has 2 amide bonds. The first kappa shape index (κ1) is 16.1. The molecule has 3 heterocycles. The summed E-state index contributed by atoms with van der Waals surface area (Å²) in [5.41, 5.74) is 2.26. The Morgan fingerprint density at radius 2 is 2.26 bits per heavy atom. The van der Waals surface area contributed by atoms with E-state index >= 15 is 0 Å². The fraction of sp³-hybridized carbons (Fsp3) is 0.529. The van der Waals surface area contributed by atoms with Crippen LogP contribution in [0.4, 0.5) is 4.79 Å². The van der Waals surface area contributed by atoms with Gasteiger partial charge >= 0.3 is 6.03 Å². The van der Waals surface area contributed by atoms with Gasteiger partial charge in [-0.1, -0.05) is 0 Å². The van der Waals surface area contributed by atoms with Gasteiger partial charge in [0, 0.05) is 30.4 Å². The molecule has 23 heavy (non-hydrogen) atoms. The molecule has 0 radical (unpaired) electrons. The summed E-state index contributed by atoms with van der Waals surface area (Å²) in [5.74, 6) is 0. The smallest absolute Gasteiger partial charge is 0.318 e. The molecular weight excluding hydrogens is 308 g/mol. The number of carbonyl (C=O) groups is 1. The number of nitrogens with zero attached hydrogens (tertiary/aromatic N) is 3. The summed E-state index contributed by atoms with van der Waals surface area (Å²) < 4.78 is 2.11. The number of carbonyl (C=O) groups excluding carboxylic acids is 1. The molecule has 6 heteroatoms. The minimum absolute atomic E-state index is 0.0152. The normalized spacial score (nSPS) is 18.2. The fourth-order valence-corrected chi connectivity index (χ4v) is 4.04. The summed E-state index contributed by atoms with van der Waals surface area (Å²) in [6, 6.07) is 4.34. The van der Waals surface area contributed by atoms with Gasteiger partial charge in [-0.3, -0.25) is 0 Å². The zero-order valence-electron chi connectivity index (χ0n) is 14.0. The molecule has 1 aliphatic rings. The maximum atomic E-state index is 12.7. The van der Waals surface area contributed by atoms with Crippen LogP contribution in [-0.2, 0) is 13.6 Å². The molecule has 0 aliphatic carbocycles. The second-order valence-electron chi connectivity index (χ2n) is 6.16. The highest BCUT2D eigenvalue weighted by Crippen LogP contribution is 2.30. The van der Waals surface area contributed by atoms with Gasteiger partial charge in [0.1, 0.15) is 5.01 Å². The van der Waals surface area contributed by atoms with E-state index in [0.29, 0.717) is 6.54 Å². The van der Waals surface area contributed by atoms with Gasteiger partial charge < -0.3 is 14.8 Å². The molecule has 3 rings (SSSR count). The van der Waals surface area contributed by atoms with Gasteiger partial charge in [-0.05, 0) is 45.2 Å². The number of hydrogen-bond donors (Lipinski definition) is 1. The monoisotopic (exact) mass is 332 g/mol. The minimum atomic E-state index is 0.0152. The van der Waals surface area contributed by atoms with E-state index in [1.165, 1.54) is 17.0 Å². The Morgan fingerprint density at radius 3 is 2.91 bits per heavy atom. The van der Waals surface area contributed by atoms with Crippen LogP contribution in [0.3, 0.4) is 0 Å². The Kier molecular flexibility index (Phi) is 4.71. The zero-order chi connectivity index (χ0) is 16.4. The third kappa shape index (κ3) is 3.42. The van der Waals surface area contributed by atoms with Crippen molar-refractivity contribution in [1.29, 1.82) is 0 Å². The van der Waals surface area contributed by atoms with Crippen LogP contribution < -0.4 is 5.32 Å². The van der Waals surface area contributed by atoms with Crippen LogP contribution >= 0.6 is 11.3 Å². The minimum Gasteiger partial charge on any atom is -0.353 e. The predicted octanol–water partition coefficient (Wildman–Crippen LogP) is 3.54. The van der Waals surface area contributed by atoms with Gasteiger partial charge in [0.05, 0.1) is 18.3 Å². The van der Waals surface area contributed by atoms with Crippen LogP contribution in [0, 0.1) is 13.8 Å². The molecule has 1 aliphatic heterocycles. The number of aryl methyl sites for hydroxylation is 3. The third-order valence-electron chi connectivity index (χ3n) is 4.55. The second kappa shape index (κ2) is 6.74. The SMILES string of the molecule is Cc1nc(CNC(=O)N2CCCCC2c2cccn2C)sc1C. The summed E-state index contributed by atoms with van der Waals surface area (Å²) in [5, 5.41) is 4.02. The van der Waals surface area contributed by atoms with E-state index < -0.39 is 0 Å². The Labute approximate surface area is 141 Å². The average Bonchev–Trinajstić information content (AvgIpc) is 3.11. The predicted molar refractivity (Wildman–Crippen MR) is 92.5 cm³/mol. The number of urea groups is 1. The number of likely N-dealkylation sites (tertiary alicyclic amines) is 1. The number of piperidine rings is 1. The highest BCUT2D eigenvalue weighted by molar-refractivity contribution is 7.11. The van der Waals surface area contributed by atoms with Crippen molar-refractivity contribution in [3.8, 4) is 0 Å². The summed E-state index contributed by atoms with van der Waals surface area (Å²) in [6.07, 6.45) is 5.32. The van der Waals surface area contributed by atoms with Crippen molar-refractivity contribution < 1.29 is 4.79 Å². The van der Waals surface area contributed by atoms with Crippen molar-refractivity contribution in [3.63, 3.8) is 0 Å². The van der Waals surface area contributed by atoms with Gasteiger partial charge in [-0.15, -0.1) is 11.3 Å². The maximum absolute atomic E-state index is 12.7. The summed E-state index contributed by atoms with van der Waals surface area (Å²) in [6.45, 7) is 5.40. The van der Waals surface area contributed by atoms with E-state index in [-0.39, 0.29) is 12.1 Å². The van der Waals surface area contributed by atoms with Gasteiger partial charge in [0.25, 0.3) is 0 Å². The van der Waals surface area contributed by atoms with Crippen LogP contribution in [0.1, 0.15) is 46.6 Å². The Morgan fingerprint density at radius 1 is 1.43 bits per heavy atom. The largest absolute Gasteiger partial charge is 0.353 e. The van der Waals surface area contributed by atoms with Gasteiger partial charge in [-0.2, -0.15) is 0 Å². The van der Waals surface area contributed by atoms with Crippen molar-refractivity contribution in [3.05, 3.63) is 39.6 Å². The number of rotatable bonds is 3. The maximum Gasteiger partial charge on any atom is 0.318 e. The molecule has 1 N–H and O–H groups in total. The van der Waals surface area contributed by atoms with Crippen LogP contribution in [0.2, 0.25) is 0 Å². The van der Waals surface area contributed by atoms with Crippen molar-refractivity contribution in [1.82, 2.24) is 19.8 Å². The zero-order valence-corrected chi connectivity index (χ0v) is 14.8. The lowest BCUT2D eigenvalue weighted by atomic mass is 10.00. The van der Waals surface area contributed by atoms with Crippen molar-refractivity contribution in [2.45, 2.75) is 45.7 Å². The van der Waals surface area contributed by atoms with Crippen LogP contribution in [0.15, 0.2) is 18.3 Å². The fourth-order valence-electron chi connectivity index (χ4n) is 3.17. The van der Waals surface area contributed by atoms with E-state index in [4.69, 9.17) is 0 Å². The van der Waals surface area contributed by atoms with Gasteiger partial charge in [-0.25, -0.2) is 9.78 Å². The molecular formula is C17H24N4OS. The third-order valence-corrected chi connectivity index (χ3v) is 5.63. The van der Waals surface area contributed by atoms with Crippen LogP contribution in [-0.4, -0.2) is 27.0 Å². The molecule has 124 valence electrons. The standard InChI is InChI=1S/C17H24N4OS/c1-12-13(2)23-16(19-12)11-18-17(22)21-10-5-4-7-15(21)14-8-6-9-20(14)3/h6,8-9,15H,4-5,7,10-11H2,1-3H3,(H,18,22). The van der Waals surface area contributed by atoms with Crippen LogP contribution in [0.5, 0.6) is 0 Å². The number of hydrogen-bond acceptors (Lipinski definition) is 3. The highest BCUT2D eigenvalue weighted by Gasteiger charge is 2.29. The molecule has 1 fully saturated rings. The van der Waals surface area contributed by atoms with E-state index in [9.17, 15) is 4.79 Å². The molecule has 1 atom stereocenters. The Bertz CT molecular complexity index is 671. The first-order chi connectivity index (χ1) is 11.1. The molecule has 0 saturated carbocycles. The molecule has 2 aromatic rings. The first-order valence-corrected chi connectivity index (χ1v) is 8.96. The van der Waals surface area contributed by atoms with Crippen molar-refractivity contribution in [2.75, 3.05) is 6.54 Å². The summed E-state index contributed by atoms with van der Waals surface area (Å²) in [7, 11) is 2.04. The molecule has 0 bridgehead atoms. The topological polar surface area (TPSA) is 50.2 Å². The highest BCUT2D eigenvalue weighted by atomic mass is 32.1. The molecule has 5 nitrogen and oxygen atoms in total. The summed E-state index contributed by atoms with van der Waals surface area (Å²) in [4.78, 5) is 20.3. The number of nitrogens with one attached hydrogen (secondary N) is 1. The van der Waals surface area contributed by atoms with E-state index in [0.717, 1.165) is 30.1 Å². The Balaban J connectivity index is 1.68. The van der Waals surface area contributed by atoms with Gasteiger partial charge in [0.2, 0.25) is 0 Å². The second-order valence-corrected chi connectivity index (χ2v) is 7.44. The van der Waals surface area contributed by atoms with Crippen molar-refractivity contribution in [2.24, 2.45) is 7.05 Å². The molecule has 2 aromatic heterocycles. The van der Waals surface area contributed by atoms with E-state index in [1.54, 1.807) is 11.3 Å². The quantitative estimate of drug-likeness (QED) is 0.935. The lowest BCUT2D eigenvalue weighted by Crippen LogP contribution is -2.44. The Hall–Kier alpha value is -1.82. The lowest BCUT2D eigenvalue weighted by molar-refractivity contribution is 0.148. The van der Waals surface area contributed by atoms with E-state index in [2.05, 4.69) is 27.9 Å². The molecule has 1 saturated heterocycles. The van der Waals surface area contributed by atoms with Gasteiger partial charge in [0.15, 0.2) is 0 Å². The first-order valence-electron chi connectivity index (χ1n) is 8.15. The molecule has 1 unspecified atom stereocenters. The average molecular weight is 332 g/mol. The lowest BCUT2D eigenvalue weighted by Gasteiger charge is -2.36. The number of amides is 2. The van der Waals surface area contributed by atoms with E-state index in [1.807, 2.05) is 31.1 Å². The number of thiazole rings is 1. The van der Waals surface area contributed by atoms with Crippen molar-refractivity contribution >= 4 is 17.4 Å².